The van der Waals surface area contributed by atoms with Crippen LogP contribution in [0, 0.1) is 0 Å². The average Bonchev–Trinajstić information content (AvgIpc) is 3.31. The molecule has 1 saturated carbocycles. The molecule has 1 aromatic heterocycles. The number of aromatic nitrogens is 2. The van der Waals surface area contributed by atoms with E-state index in [4.69, 9.17) is 14.2 Å². The molecule has 5 nitrogen and oxygen atoms in total. The summed E-state index contributed by atoms with van der Waals surface area (Å²) in [4.78, 5) is 8.74. The molecule has 154 valence electrons. The molecule has 0 unspecified atom stereocenters. The summed E-state index contributed by atoms with van der Waals surface area (Å²) >= 11 is 0. The van der Waals surface area contributed by atoms with Crippen LogP contribution in [-0.2, 0) is 0 Å². The van der Waals surface area contributed by atoms with Crippen molar-refractivity contribution in [1.29, 1.82) is 0 Å². The van der Waals surface area contributed by atoms with Gasteiger partial charge in [0.05, 0.1) is 20.3 Å². The van der Waals surface area contributed by atoms with Gasteiger partial charge in [-0.3, -0.25) is 0 Å². The van der Waals surface area contributed by atoms with E-state index in [1.807, 2.05) is 36.4 Å². The third kappa shape index (κ3) is 4.46. The molecule has 0 amide bonds. The van der Waals surface area contributed by atoms with Gasteiger partial charge in [0.25, 0.3) is 0 Å². The van der Waals surface area contributed by atoms with Crippen molar-refractivity contribution in [3.05, 3.63) is 77.7 Å². The lowest BCUT2D eigenvalue weighted by Gasteiger charge is -2.18. The normalized spacial score (nSPS) is 14.5. The summed E-state index contributed by atoms with van der Waals surface area (Å²) in [5, 5.41) is 0. The summed E-state index contributed by atoms with van der Waals surface area (Å²) in [6.07, 6.45) is 10.2. The van der Waals surface area contributed by atoms with Gasteiger partial charge in [0.2, 0.25) is 5.88 Å². The van der Waals surface area contributed by atoms with E-state index in [1.54, 1.807) is 26.6 Å². The minimum atomic E-state index is 0.249. The Bertz CT molecular complexity index is 1010. The topological polar surface area (TPSA) is 53.5 Å². The van der Waals surface area contributed by atoms with Gasteiger partial charge in [-0.25, -0.2) is 9.97 Å². The lowest BCUT2D eigenvalue weighted by atomic mass is 9.96. The first-order chi connectivity index (χ1) is 14.8. The van der Waals surface area contributed by atoms with Crippen LogP contribution in [0.15, 0.2) is 60.9 Å². The van der Waals surface area contributed by atoms with E-state index in [2.05, 4.69) is 28.2 Å². The second-order valence-electron chi connectivity index (χ2n) is 7.26. The molecule has 5 heteroatoms. The molecule has 0 radical (unpaired) electrons. The summed E-state index contributed by atoms with van der Waals surface area (Å²) in [5.41, 5.74) is 3.77. The SMILES string of the molecule is COc1ccc(C(=Cc2nccnc2OC)c2ccccc2)cc1OC1CCCC1. The van der Waals surface area contributed by atoms with E-state index in [9.17, 15) is 0 Å². The number of benzene rings is 2. The standard InChI is InChI=1S/C25H26N2O3/c1-28-23-13-12-19(16-24(23)30-20-10-6-7-11-20)21(18-8-4-3-5-9-18)17-22-25(29-2)27-15-14-26-22/h3-5,8-9,12-17,20H,6-7,10-11H2,1-2H3. The van der Waals surface area contributed by atoms with Crippen LogP contribution in [0.3, 0.4) is 0 Å². The number of ether oxygens (including phenoxy) is 3. The summed E-state index contributed by atoms with van der Waals surface area (Å²) in [7, 11) is 3.28. The Balaban J connectivity index is 1.80. The fourth-order valence-electron chi connectivity index (χ4n) is 3.80. The molecule has 1 heterocycles. The number of hydrogen-bond donors (Lipinski definition) is 0. The Hall–Kier alpha value is -3.34. The molecular weight excluding hydrogens is 376 g/mol. The second kappa shape index (κ2) is 9.44. The third-order valence-corrected chi connectivity index (χ3v) is 5.32. The van der Waals surface area contributed by atoms with Gasteiger partial charge in [0.1, 0.15) is 5.69 Å². The Morgan fingerprint density at radius 3 is 2.37 bits per heavy atom. The van der Waals surface area contributed by atoms with Crippen LogP contribution in [0.5, 0.6) is 17.4 Å². The van der Waals surface area contributed by atoms with Crippen molar-refractivity contribution >= 4 is 11.6 Å². The highest BCUT2D eigenvalue weighted by molar-refractivity contribution is 5.92. The highest BCUT2D eigenvalue weighted by Crippen LogP contribution is 2.36. The number of hydrogen-bond acceptors (Lipinski definition) is 5. The largest absolute Gasteiger partial charge is 0.493 e. The monoisotopic (exact) mass is 402 g/mol. The molecule has 3 aromatic rings. The van der Waals surface area contributed by atoms with E-state index in [-0.39, 0.29) is 6.10 Å². The van der Waals surface area contributed by atoms with Gasteiger partial charge in [0, 0.05) is 12.4 Å². The van der Waals surface area contributed by atoms with Gasteiger partial charge >= 0.3 is 0 Å². The molecule has 1 aliphatic rings. The predicted octanol–water partition coefficient (Wildman–Crippen LogP) is 5.40. The van der Waals surface area contributed by atoms with Crippen LogP contribution in [0.2, 0.25) is 0 Å². The molecule has 0 aliphatic heterocycles. The van der Waals surface area contributed by atoms with E-state index < -0.39 is 0 Å². The van der Waals surface area contributed by atoms with Gasteiger partial charge < -0.3 is 14.2 Å². The smallest absolute Gasteiger partial charge is 0.239 e. The summed E-state index contributed by atoms with van der Waals surface area (Å²) in [6.45, 7) is 0. The van der Waals surface area contributed by atoms with E-state index in [0.717, 1.165) is 41.0 Å². The molecule has 0 N–H and O–H groups in total. The van der Waals surface area contributed by atoms with Gasteiger partial charge in [-0.1, -0.05) is 36.4 Å². The van der Waals surface area contributed by atoms with Gasteiger partial charge in [-0.15, -0.1) is 0 Å². The van der Waals surface area contributed by atoms with E-state index in [0.29, 0.717) is 11.6 Å². The van der Waals surface area contributed by atoms with Crippen molar-refractivity contribution in [2.45, 2.75) is 31.8 Å². The van der Waals surface area contributed by atoms with Crippen LogP contribution < -0.4 is 14.2 Å². The summed E-state index contributed by atoms with van der Waals surface area (Å²) in [6, 6.07) is 16.3. The van der Waals surface area contributed by atoms with Gasteiger partial charge in [-0.2, -0.15) is 0 Å². The first-order valence-corrected chi connectivity index (χ1v) is 10.3. The first kappa shape index (κ1) is 20.0. The van der Waals surface area contributed by atoms with Gasteiger partial charge in [0.15, 0.2) is 11.5 Å². The fraction of sp³-hybridized carbons (Fsp3) is 0.280. The molecular formula is C25H26N2O3. The van der Waals surface area contributed by atoms with Crippen molar-refractivity contribution in [2.24, 2.45) is 0 Å². The molecule has 30 heavy (non-hydrogen) atoms. The molecule has 0 bridgehead atoms. The highest BCUT2D eigenvalue weighted by Gasteiger charge is 2.19. The number of rotatable bonds is 7. The summed E-state index contributed by atoms with van der Waals surface area (Å²) in [5.74, 6) is 2.01. The van der Waals surface area contributed by atoms with E-state index in [1.165, 1.54) is 12.8 Å². The zero-order chi connectivity index (χ0) is 20.8. The second-order valence-corrected chi connectivity index (χ2v) is 7.26. The minimum absolute atomic E-state index is 0.249. The molecule has 0 saturated heterocycles. The van der Waals surface area contributed by atoms with Crippen LogP contribution in [0.4, 0.5) is 0 Å². The number of methoxy groups -OCH3 is 2. The predicted molar refractivity (Wildman–Crippen MR) is 118 cm³/mol. The Morgan fingerprint density at radius 1 is 0.867 bits per heavy atom. The molecule has 0 spiro atoms. The zero-order valence-electron chi connectivity index (χ0n) is 17.4. The van der Waals surface area contributed by atoms with Crippen molar-refractivity contribution in [3.8, 4) is 17.4 Å². The van der Waals surface area contributed by atoms with Gasteiger partial charge in [-0.05, 0) is 60.6 Å². The molecule has 0 atom stereocenters. The van der Waals surface area contributed by atoms with Crippen LogP contribution >= 0.6 is 0 Å². The Labute approximate surface area is 177 Å². The molecule has 4 rings (SSSR count). The maximum atomic E-state index is 6.31. The Kier molecular flexibility index (Phi) is 6.28. The maximum Gasteiger partial charge on any atom is 0.239 e. The van der Waals surface area contributed by atoms with Crippen molar-refractivity contribution in [1.82, 2.24) is 9.97 Å². The number of nitrogens with zero attached hydrogens (tertiary/aromatic N) is 2. The lowest BCUT2D eigenvalue weighted by molar-refractivity contribution is 0.201. The fourth-order valence-corrected chi connectivity index (χ4v) is 3.80. The molecule has 1 fully saturated rings. The minimum Gasteiger partial charge on any atom is -0.493 e. The summed E-state index contributed by atoms with van der Waals surface area (Å²) < 4.78 is 17.3. The quantitative estimate of drug-likeness (QED) is 0.529. The lowest BCUT2D eigenvalue weighted by Crippen LogP contribution is -2.11. The first-order valence-electron chi connectivity index (χ1n) is 10.3. The van der Waals surface area contributed by atoms with Crippen molar-refractivity contribution in [3.63, 3.8) is 0 Å². The molecule has 1 aliphatic carbocycles. The van der Waals surface area contributed by atoms with Crippen molar-refractivity contribution < 1.29 is 14.2 Å². The van der Waals surface area contributed by atoms with E-state index >= 15 is 0 Å². The maximum absolute atomic E-state index is 6.31. The van der Waals surface area contributed by atoms with Crippen molar-refractivity contribution in [2.75, 3.05) is 14.2 Å². The molecule has 2 aromatic carbocycles. The van der Waals surface area contributed by atoms with Crippen LogP contribution in [0.1, 0.15) is 42.5 Å². The zero-order valence-corrected chi connectivity index (χ0v) is 17.4. The average molecular weight is 402 g/mol. The third-order valence-electron chi connectivity index (χ3n) is 5.32. The van der Waals surface area contributed by atoms with Crippen LogP contribution in [0.25, 0.3) is 11.6 Å². The highest BCUT2D eigenvalue weighted by atomic mass is 16.5. The Morgan fingerprint density at radius 2 is 1.63 bits per heavy atom. The van der Waals surface area contributed by atoms with Crippen LogP contribution in [-0.4, -0.2) is 30.3 Å².